The van der Waals surface area contributed by atoms with Gasteiger partial charge < -0.3 is 37.6 Å². The minimum atomic E-state index is -0.793. The maximum Gasteiger partial charge on any atom is 0.417 e. The molecule has 2 aliphatic heterocycles. The maximum absolute atomic E-state index is 14.0. The van der Waals surface area contributed by atoms with Gasteiger partial charge in [-0.1, -0.05) is 0 Å². The van der Waals surface area contributed by atoms with Crippen molar-refractivity contribution in [3.63, 3.8) is 0 Å². The van der Waals surface area contributed by atoms with Gasteiger partial charge in [0.05, 0.1) is 50.5 Å². The Balaban J connectivity index is 0.893. The van der Waals surface area contributed by atoms with Crippen LogP contribution in [0, 0.1) is 22.7 Å². The zero-order valence-electron chi connectivity index (χ0n) is 35.3. The second kappa shape index (κ2) is 20.3. The summed E-state index contributed by atoms with van der Waals surface area (Å²) >= 11 is 0. The van der Waals surface area contributed by atoms with Crippen molar-refractivity contribution in [3.05, 3.63) is 48.3 Å². The Bertz CT molecular complexity index is 1400. The summed E-state index contributed by atoms with van der Waals surface area (Å²) in [5, 5.41) is 0. The number of likely N-dealkylation sites (tertiary alicyclic amines) is 2. The number of aryl methyl sites for hydroxylation is 2. The van der Waals surface area contributed by atoms with E-state index in [4.69, 9.17) is 27.8 Å². The summed E-state index contributed by atoms with van der Waals surface area (Å²) in [5.41, 5.74) is 2.18. The molecule has 4 aliphatic carbocycles. The van der Waals surface area contributed by atoms with Crippen molar-refractivity contribution in [3.8, 4) is 0 Å². The predicted molar refractivity (Wildman–Crippen MR) is 221 cm³/mol. The van der Waals surface area contributed by atoms with E-state index in [1.807, 2.05) is 24.7 Å². The van der Waals surface area contributed by atoms with E-state index in [2.05, 4.69) is 9.80 Å². The highest BCUT2D eigenvalue weighted by molar-refractivity contribution is 6.29. The summed E-state index contributed by atoms with van der Waals surface area (Å²) in [6.07, 6.45) is 29.8. The van der Waals surface area contributed by atoms with Crippen LogP contribution in [0.5, 0.6) is 0 Å². The molecule has 8 rings (SSSR count). The second-order valence-corrected chi connectivity index (χ2v) is 19.4. The molecular formula is C48H72N2O8. The van der Waals surface area contributed by atoms with Gasteiger partial charge in [-0.15, -0.1) is 0 Å². The number of rotatable bonds is 16. The van der Waals surface area contributed by atoms with Crippen LogP contribution < -0.4 is 0 Å². The van der Waals surface area contributed by atoms with Crippen LogP contribution in [0.25, 0.3) is 0 Å². The molecule has 6 aliphatic rings. The summed E-state index contributed by atoms with van der Waals surface area (Å²) in [5.74, 6) is -0.736. The van der Waals surface area contributed by atoms with Gasteiger partial charge >= 0.3 is 11.9 Å². The van der Waals surface area contributed by atoms with Crippen LogP contribution in [0.3, 0.4) is 0 Å². The topological polar surface area (TPSA) is 104 Å². The fourth-order valence-corrected chi connectivity index (χ4v) is 12.0. The van der Waals surface area contributed by atoms with Gasteiger partial charge in [0, 0.05) is 23.9 Å². The van der Waals surface area contributed by atoms with Crippen LogP contribution in [-0.4, -0.2) is 98.6 Å². The minimum absolute atomic E-state index is 0.117. The number of hydrogen-bond acceptors (Lipinski definition) is 10. The van der Waals surface area contributed by atoms with Gasteiger partial charge in [0.1, 0.15) is 12.2 Å². The lowest BCUT2D eigenvalue weighted by Gasteiger charge is -2.50. The van der Waals surface area contributed by atoms with Gasteiger partial charge in [-0.25, -0.2) is 9.59 Å². The molecule has 2 aromatic rings. The maximum atomic E-state index is 14.0. The first-order chi connectivity index (χ1) is 28.4. The molecule has 2 aromatic heterocycles. The van der Waals surface area contributed by atoms with Crippen LogP contribution in [-0.2, 0) is 41.4 Å². The molecular weight excluding hydrogens is 733 g/mol. The van der Waals surface area contributed by atoms with E-state index in [0.717, 1.165) is 142 Å². The molecule has 4 atom stereocenters. The highest BCUT2D eigenvalue weighted by Crippen LogP contribution is 2.53. The lowest BCUT2D eigenvalue weighted by atomic mass is 9.60. The smallest absolute Gasteiger partial charge is 0.417 e. The highest BCUT2D eigenvalue weighted by Gasteiger charge is 2.51. The van der Waals surface area contributed by atoms with E-state index in [1.165, 1.54) is 63.0 Å². The van der Waals surface area contributed by atoms with Crippen molar-refractivity contribution in [2.75, 3.05) is 52.5 Å². The Hall–Kier alpha value is -2.66. The molecule has 0 aromatic carbocycles. The summed E-state index contributed by atoms with van der Waals surface area (Å²) in [7, 11) is 0. The number of esters is 2. The Morgan fingerprint density at radius 2 is 0.983 bits per heavy atom. The van der Waals surface area contributed by atoms with Gasteiger partial charge in [-0.05, 0) is 203 Å². The third-order valence-corrected chi connectivity index (χ3v) is 15.8. The molecule has 6 fully saturated rings. The quantitative estimate of drug-likeness (QED) is 0.121. The van der Waals surface area contributed by atoms with E-state index in [-0.39, 0.29) is 35.2 Å². The number of carbonyl (C=O) groups is 2. The molecule has 2 spiro atoms. The molecule has 4 unspecified atom stereocenters. The first-order valence-electron chi connectivity index (χ1n) is 23.6. The van der Waals surface area contributed by atoms with Crippen molar-refractivity contribution < 1.29 is 37.4 Å². The van der Waals surface area contributed by atoms with Crippen LogP contribution in [0.4, 0.5) is 0 Å². The van der Waals surface area contributed by atoms with E-state index >= 15 is 0 Å². The lowest BCUT2D eigenvalue weighted by molar-refractivity contribution is -0.191. The normalized spacial score (nSPS) is 33.5. The number of nitrogens with zero attached hydrogens (tertiary/aromatic N) is 2. The average Bonchev–Trinajstić information content (AvgIpc) is 4.10. The van der Waals surface area contributed by atoms with Crippen LogP contribution in [0.1, 0.15) is 140 Å². The number of hydrogen-bond donors (Lipinski definition) is 0. The van der Waals surface area contributed by atoms with Crippen molar-refractivity contribution >= 4 is 11.9 Å². The van der Waals surface area contributed by atoms with Crippen LogP contribution in [0.2, 0.25) is 0 Å². The zero-order valence-corrected chi connectivity index (χ0v) is 35.3. The molecule has 4 saturated carbocycles. The molecule has 10 heteroatoms. The molecule has 10 nitrogen and oxygen atoms in total. The third-order valence-electron chi connectivity index (χ3n) is 15.8. The number of furan rings is 2. The number of carbonyl (C=O) groups excluding carboxylic acids is 2. The number of ether oxygens (including phenoxy) is 4. The van der Waals surface area contributed by atoms with Crippen molar-refractivity contribution in [2.45, 2.75) is 166 Å². The fraction of sp³-hybridized carbons (Fsp3) is 0.792. The molecule has 0 bridgehead atoms. The van der Waals surface area contributed by atoms with E-state index in [9.17, 15) is 9.59 Å². The van der Waals surface area contributed by atoms with Crippen molar-refractivity contribution in [2.24, 2.45) is 22.7 Å². The van der Waals surface area contributed by atoms with Gasteiger partial charge in [0.25, 0.3) is 0 Å². The molecule has 0 amide bonds. The van der Waals surface area contributed by atoms with Gasteiger partial charge in [0.15, 0.2) is 0 Å². The van der Waals surface area contributed by atoms with Gasteiger partial charge in [-0.2, -0.15) is 0 Å². The second-order valence-electron chi connectivity index (χ2n) is 19.4. The monoisotopic (exact) mass is 805 g/mol. The lowest BCUT2D eigenvalue weighted by Crippen LogP contribution is -2.49. The minimum Gasteiger partial charge on any atom is -0.472 e. The zero-order chi connectivity index (χ0) is 39.6. The first-order valence-corrected chi connectivity index (χ1v) is 23.6. The summed E-state index contributed by atoms with van der Waals surface area (Å²) in [6, 6.07) is 4.08. The summed E-state index contributed by atoms with van der Waals surface area (Å²) in [4.78, 5) is 33.1. The standard InChI is InChI=1S/C48H72N2O8/c51-45(57-43-33-37(5-7-39-15-29-53-35-39)9-17-47(43)19-11-41(12-20-47)55-31-27-49-23-1-2-24-49)46(52)58-44-34-38(6-8-40-16-30-54-36-40)10-18-48(44)21-13-42(14-22-48)56-32-28-50-25-3-4-26-50/h15-16,29-30,35-38,41-44H,1-14,17-28,31-34H2. The molecule has 2 saturated heterocycles. The Morgan fingerprint density at radius 3 is 1.36 bits per heavy atom. The van der Waals surface area contributed by atoms with Crippen molar-refractivity contribution in [1.82, 2.24) is 9.80 Å². The average molecular weight is 805 g/mol. The SMILES string of the molecule is O=C(OC1CC(CCc2ccoc2)CCC12CCC(OCCN1CCCC1)CC2)C(=O)OC1CC(CCc2ccoc2)CCC12CCC(OCCN1CCCC1)CC2. The Labute approximate surface area is 347 Å². The summed E-state index contributed by atoms with van der Waals surface area (Å²) < 4.78 is 36.4. The fourth-order valence-electron chi connectivity index (χ4n) is 12.0. The van der Waals surface area contributed by atoms with E-state index in [1.54, 1.807) is 12.5 Å². The van der Waals surface area contributed by atoms with Crippen LogP contribution in [0.15, 0.2) is 46.0 Å². The molecule has 4 heterocycles. The van der Waals surface area contributed by atoms with Crippen LogP contribution >= 0.6 is 0 Å². The van der Waals surface area contributed by atoms with E-state index in [0.29, 0.717) is 11.8 Å². The van der Waals surface area contributed by atoms with Gasteiger partial charge in [-0.3, -0.25) is 0 Å². The third kappa shape index (κ3) is 11.0. The molecule has 322 valence electrons. The highest BCUT2D eigenvalue weighted by atomic mass is 16.6. The molecule has 58 heavy (non-hydrogen) atoms. The van der Waals surface area contributed by atoms with Gasteiger partial charge in [0.2, 0.25) is 0 Å². The molecule has 0 radical (unpaired) electrons. The predicted octanol–water partition coefficient (Wildman–Crippen LogP) is 8.94. The Morgan fingerprint density at radius 1 is 0.586 bits per heavy atom. The summed E-state index contributed by atoms with van der Waals surface area (Å²) in [6.45, 7) is 8.38. The largest absolute Gasteiger partial charge is 0.472 e. The Kier molecular flexibility index (Phi) is 14.7. The van der Waals surface area contributed by atoms with E-state index < -0.39 is 11.9 Å². The van der Waals surface area contributed by atoms with Crippen molar-refractivity contribution in [1.29, 1.82) is 0 Å². The molecule has 0 N–H and O–H groups in total. The first kappa shape index (κ1) is 42.0.